The van der Waals surface area contributed by atoms with E-state index in [-0.39, 0.29) is 5.91 Å². The van der Waals surface area contributed by atoms with Crippen molar-refractivity contribution < 1.29 is 9.53 Å². The molecule has 3 aromatic carbocycles. The van der Waals surface area contributed by atoms with E-state index < -0.39 is 0 Å². The summed E-state index contributed by atoms with van der Waals surface area (Å²) >= 11 is 0. The van der Waals surface area contributed by atoms with Crippen molar-refractivity contribution in [3.05, 3.63) is 95.7 Å². The van der Waals surface area contributed by atoms with Gasteiger partial charge in [0.25, 0.3) is 5.91 Å². The molecule has 0 radical (unpaired) electrons. The van der Waals surface area contributed by atoms with Crippen LogP contribution < -0.4 is 9.64 Å². The normalized spacial score (nSPS) is 10.9. The fourth-order valence-electron chi connectivity index (χ4n) is 3.92. The van der Waals surface area contributed by atoms with Crippen molar-refractivity contribution in [1.29, 1.82) is 0 Å². The monoisotopic (exact) mass is 398 g/mol. The predicted octanol–water partition coefficient (Wildman–Crippen LogP) is 5.73. The number of amides is 1. The molecule has 0 fully saturated rings. The SMILES string of the molecule is CCN(C(=O)c1ccccc1COc1ccccc1)c1c(C)n(C)c2ccccc12. The van der Waals surface area contributed by atoms with Gasteiger partial charge >= 0.3 is 0 Å². The van der Waals surface area contributed by atoms with Crippen molar-refractivity contribution in [2.75, 3.05) is 11.4 Å². The second-order valence-electron chi connectivity index (χ2n) is 7.32. The number of anilines is 1. The van der Waals surface area contributed by atoms with Crippen LogP contribution in [0.4, 0.5) is 5.69 Å². The molecule has 0 aliphatic rings. The number of nitrogens with zero attached hydrogens (tertiary/aromatic N) is 2. The van der Waals surface area contributed by atoms with Gasteiger partial charge in [-0.15, -0.1) is 0 Å². The van der Waals surface area contributed by atoms with E-state index in [4.69, 9.17) is 4.74 Å². The molecule has 1 aromatic heterocycles. The zero-order valence-electron chi connectivity index (χ0n) is 17.6. The lowest BCUT2D eigenvalue weighted by Gasteiger charge is -2.23. The molecule has 0 aliphatic carbocycles. The molecule has 152 valence electrons. The lowest BCUT2D eigenvalue weighted by atomic mass is 10.1. The molecular formula is C26H26N2O2. The van der Waals surface area contributed by atoms with E-state index in [1.54, 1.807) is 0 Å². The molecule has 30 heavy (non-hydrogen) atoms. The number of ether oxygens (including phenoxy) is 1. The molecule has 0 bridgehead atoms. The fraction of sp³-hybridized carbons (Fsp3) is 0.192. The quantitative estimate of drug-likeness (QED) is 0.415. The Balaban J connectivity index is 1.70. The number of hydrogen-bond donors (Lipinski definition) is 0. The summed E-state index contributed by atoms with van der Waals surface area (Å²) in [4.78, 5) is 15.5. The van der Waals surface area contributed by atoms with Gasteiger partial charge in [0, 0.05) is 35.8 Å². The van der Waals surface area contributed by atoms with Gasteiger partial charge in [-0.2, -0.15) is 0 Å². The van der Waals surface area contributed by atoms with Gasteiger partial charge in [0.05, 0.1) is 11.2 Å². The molecule has 4 rings (SSSR count). The molecule has 0 saturated carbocycles. The number of benzene rings is 3. The van der Waals surface area contributed by atoms with Gasteiger partial charge in [0.2, 0.25) is 0 Å². The summed E-state index contributed by atoms with van der Waals surface area (Å²) in [5, 5.41) is 1.09. The van der Waals surface area contributed by atoms with E-state index in [9.17, 15) is 4.79 Å². The third kappa shape index (κ3) is 3.57. The maximum Gasteiger partial charge on any atom is 0.258 e. The summed E-state index contributed by atoms with van der Waals surface area (Å²) in [5.74, 6) is 0.779. The molecule has 0 saturated heterocycles. The standard InChI is InChI=1S/C26H26N2O2/c1-4-28(25-19(2)27(3)24-17-11-10-16-23(24)25)26(29)22-15-9-8-12-20(22)18-30-21-13-6-5-7-14-21/h5-17H,4,18H2,1-3H3. The van der Waals surface area contributed by atoms with Gasteiger partial charge < -0.3 is 14.2 Å². The van der Waals surface area contributed by atoms with Gasteiger partial charge in [-0.05, 0) is 38.1 Å². The van der Waals surface area contributed by atoms with Crippen molar-refractivity contribution in [2.24, 2.45) is 7.05 Å². The molecule has 0 atom stereocenters. The first-order valence-electron chi connectivity index (χ1n) is 10.2. The summed E-state index contributed by atoms with van der Waals surface area (Å²) in [6.07, 6.45) is 0. The van der Waals surface area contributed by atoms with Crippen LogP contribution in [0.3, 0.4) is 0 Å². The zero-order valence-corrected chi connectivity index (χ0v) is 17.6. The van der Waals surface area contributed by atoms with Crippen molar-refractivity contribution in [3.63, 3.8) is 0 Å². The number of carbonyl (C=O) groups excluding carboxylic acids is 1. The lowest BCUT2D eigenvalue weighted by molar-refractivity contribution is 0.0986. The molecule has 0 spiro atoms. The molecule has 4 heteroatoms. The van der Waals surface area contributed by atoms with Gasteiger partial charge in [-0.3, -0.25) is 4.79 Å². The van der Waals surface area contributed by atoms with Crippen LogP contribution in [0.1, 0.15) is 28.5 Å². The first kappa shape index (κ1) is 19.8. The molecule has 4 aromatic rings. The summed E-state index contributed by atoms with van der Waals surface area (Å²) in [6.45, 7) is 5.01. The minimum absolute atomic E-state index is 0.00999. The Bertz CT molecular complexity index is 1180. The Kier molecular flexibility index (Phi) is 5.57. The smallest absolute Gasteiger partial charge is 0.258 e. The van der Waals surface area contributed by atoms with E-state index in [2.05, 4.69) is 23.6 Å². The van der Waals surface area contributed by atoms with Crippen LogP contribution in [-0.4, -0.2) is 17.0 Å². The Hall–Kier alpha value is -3.53. The minimum Gasteiger partial charge on any atom is -0.489 e. The van der Waals surface area contributed by atoms with E-state index in [1.807, 2.05) is 85.6 Å². The largest absolute Gasteiger partial charge is 0.489 e. The van der Waals surface area contributed by atoms with Gasteiger partial charge in [-0.25, -0.2) is 0 Å². The summed E-state index contributed by atoms with van der Waals surface area (Å²) < 4.78 is 8.07. The molecule has 1 amide bonds. The minimum atomic E-state index is -0.00999. The van der Waals surface area contributed by atoms with Crippen molar-refractivity contribution in [3.8, 4) is 5.75 Å². The topological polar surface area (TPSA) is 34.5 Å². The number of aromatic nitrogens is 1. The number of rotatable bonds is 6. The van der Waals surface area contributed by atoms with Crippen LogP contribution >= 0.6 is 0 Å². The number of aryl methyl sites for hydroxylation is 1. The molecule has 1 heterocycles. The van der Waals surface area contributed by atoms with Crippen LogP contribution in [-0.2, 0) is 13.7 Å². The second-order valence-corrected chi connectivity index (χ2v) is 7.32. The highest BCUT2D eigenvalue weighted by atomic mass is 16.5. The summed E-state index contributed by atoms with van der Waals surface area (Å²) in [5.41, 5.74) is 4.71. The Morgan fingerprint density at radius 3 is 2.37 bits per heavy atom. The van der Waals surface area contributed by atoms with E-state index in [1.165, 1.54) is 0 Å². The summed E-state index contributed by atoms with van der Waals surface area (Å²) in [7, 11) is 2.04. The summed E-state index contributed by atoms with van der Waals surface area (Å²) in [6, 6.07) is 25.6. The van der Waals surface area contributed by atoms with E-state index >= 15 is 0 Å². The van der Waals surface area contributed by atoms with Crippen LogP contribution in [0.5, 0.6) is 5.75 Å². The molecule has 0 unspecified atom stereocenters. The highest BCUT2D eigenvalue weighted by molar-refractivity contribution is 6.12. The van der Waals surface area contributed by atoms with Crippen molar-refractivity contribution in [2.45, 2.75) is 20.5 Å². The van der Waals surface area contributed by atoms with Crippen LogP contribution in [0.15, 0.2) is 78.9 Å². The number of fused-ring (bicyclic) bond motifs is 1. The predicted molar refractivity (Wildman–Crippen MR) is 122 cm³/mol. The first-order valence-corrected chi connectivity index (χ1v) is 10.2. The van der Waals surface area contributed by atoms with Crippen molar-refractivity contribution >= 4 is 22.5 Å². The highest BCUT2D eigenvalue weighted by Crippen LogP contribution is 2.34. The third-order valence-corrected chi connectivity index (χ3v) is 5.58. The fourth-order valence-corrected chi connectivity index (χ4v) is 3.92. The van der Waals surface area contributed by atoms with Crippen LogP contribution in [0.25, 0.3) is 10.9 Å². The third-order valence-electron chi connectivity index (χ3n) is 5.58. The number of carbonyl (C=O) groups is 1. The molecule has 4 nitrogen and oxygen atoms in total. The lowest BCUT2D eigenvalue weighted by Crippen LogP contribution is -2.32. The van der Waals surface area contributed by atoms with Gasteiger partial charge in [0.15, 0.2) is 0 Å². The molecular weight excluding hydrogens is 372 g/mol. The molecule has 0 aliphatic heterocycles. The van der Waals surface area contributed by atoms with E-state index in [0.29, 0.717) is 18.7 Å². The maximum atomic E-state index is 13.7. The molecule has 0 N–H and O–H groups in total. The Morgan fingerprint density at radius 2 is 1.60 bits per heavy atom. The van der Waals surface area contributed by atoms with Crippen LogP contribution in [0, 0.1) is 6.92 Å². The second kappa shape index (κ2) is 8.46. The van der Waals surface area contributed by atoms with Crippen molar-refractivity contribution in [1.82, 2.24) is 4.57 Å². The van der Waals surface area contributed by atoms with Gasteiger partial charge in [-0.1, -0.05) is 54.6 Å². The Labute approximate surface area is 177 Å². The zero-order chi connectivity index (χ0) is 21.1. The first-order chi connectivity index (χ1) is 14.6. The van der Waals surface area contributed by atoms with Gasteiger partial charge in [0.1, 0.15) is 12.4 Å². The maximum absolute atomic E-state index is 13.7. The average molecular weight is 399 g/mol. The Morgan fingerprint density at radius 1 is 0.933 bits per heavy atom. The van der Waals surface area contributed by atoms with Crippen LogP contribution in [0.2, 0.25) is 0 Å². The highest BCUT2D eigenvalue weighted by Gasteiger charge is 2.24. The number of para-hydroxylation sites is 2. The average Bonchev–Trinajstić information content (AvgIpc) is 3.04. The number of hydrogen-bond acceptors (Lipinski definition) is 2. The van der Waals surface area contributed by atoms with E-state index in [0.717, 1.165) is 33.6 Å².